The molecule has 0 radical (unpaired) electrons. The van der Waals surface area contributed by atoms with Gasteiger partial charge < -0.3 is 10.2 Å². The molecule has 3 nitrogen and oxygen atoms in total. The molecule has 1 amide bonds. The highest BCUT2D eigenvalue weighted by Gasteiger charge is 2.59. The molecule has 0 aromatic rings. The third-order valence-corrected chi connectivity index (χ3v) is 4.66. The molecule has 0 aromatic carbocycles. The lowest BCUT2D eigenvalue weighted by Gasteiger charge is -2.33. The quantitative estimate of drug-likeness (QED) is 0.764. The molecule has 2 aliphatic heterocycles. The van der Waals surface area contributed by atoms with Crippen LogP contribution < -0.4 is 5.32 Å². The molecule has 3 aliphatic rings. The van der Waals surface area contributed by atoms with E-state index in [4.69, 9.17) is 6.42 Å². The highest BCUT2D eigenvalue weighted by molar-refractivity contribution is 5.95. The van der Waals surface area contributed by atoms with E-state index in [1.807, 2.05) is 6.08 Å². The first-order chi connectivity index (χ1) is 9.20. The molecule has 0 aromatic heterocycles. The summed E-state index contributed by atoms with van der Waals surface area (Å²) in [6.07, 6.45) is 13.1. The van der Waals surface area contributed by atoms with Crippen LogP contribution in [-0.4, -0.2) is 29.9 Å². The van der Waals surface area contributed by atoms with Gasteiger partial charge in [0.25, 0.3) is 0 Å². The fourth-order valence-electron chi connectivity index (χ4n) is 3.50. The third-order valence-electron chi connectivity index (χ3n) is 4.66. The van der Waals surface area contributed by atoms with Gasteiger partial charge in [-0.2, -0.15) is 0 Å². The molecule has 0 unspecified atom stereocenters. The van der Waals surface area contributed by atoms with E-state index in [-0.39, 0.29) is 5.41 Å². The van der Waals surface area contributed by atoms with Crippen LogP contribution in [-0.2, 0) is 4.79 Å². The van der Waals surface area contributed by atoms with Crippen LogP contribution in [0.4, 0.5) is 0 Å². The first-order valence-electron chi connectivity index (χ1n) is 7.09. The van der Waals surface area contributed by atoms with Crippen LogP contribution in [0.3, 0.4) is 0 Å². The van der Waals surface area contributed by atoms with Gasteiger partial charge in [0.15, 0.2) is 0 Å². The summed E-state index contributed by atoms with van der Waals surface area (Å²) in [4.78, 5) is 14.8. The summed E-state index contributed by atoms with van der Waals surface area (Å²) in [7, 11) is 0. The van der Waals surface area contributed by atoms with Gasteiger partial charge in [-0.1, -0.05) is 5.92 Å². The van der Waals surface area contributed by atoms with E-state index in [0.29, 0.717) is 11.9 Å². The number of amides is 1. The van der Waals surface area contributed by atoms with Gasteiger partial charge >= 0.3 is 0 Å². The Bertz CT molecular complexity index is 499. The number of carbonyl (C=O) groups excluding carboxylic acids is 1. The monoisotopic (exact) mass is 256 g/mol. The van der Waals surface area contributed by atoms with Gasteiger partial charge in [-0.25, -0.2) is 0 Å². The van der Waals surface area contributed by atoms with Crippen molar-refractivity contribution < 1.29 is 4.79 Å². The van der Waals surface area contributed by atoms with Crippen molar-refractivity contribution in [2.45, 2.75) is 38.6 Å². The van der Waals surface area contributed by atoms with Crippen molar-refractivity contribution in [3.05, 3.63) is 23.4 Å². The Hall–Kier alpha value is -1.53. The summed E-state index contributed by atoms with van der Waals surface area (Å²) in [5, 5.41) is 3.36. The first-order valence-corrected chi connectivity index (χ1v) is 7.09. The molecular weight excluding hydrogens is 236 g/mol. The van der Waals surface area contributed by atoms with Gasteiger partial charge in [0.2, 0.25) is 5.91 Å². The minimum absolute atomic E-state index is 0.220. The van der Waals surface area contributed by atoms with Crippen molar-refractivity contribution in [3.8, 4) is 12.3 Å². The van der Waals surface area contributed by atoms with Crippen LogP contribution in [0.1, 0.15) is 32.6 Å². The molecule has 0 bridgehead atoms. The molecule has 100 valence electrons. The average molecular weight is 256 g/mol. The molecule has 2 fully saturated rings. The van der Waals surface area contributed by atoms with Crippen LogP contribution in [0.25, 0.3) is 0 Å². The van der Waals surface area contributed by atoms with Gasteiger partial charge in [0, 0.05) is 11.7 Å². The lowest BCUT2D eigenvalue weighted by Crippen LogP contribution is -2.44. The SMILES string of the molecule is C#C/C=C\C1=C(C)N(C2CCNCC2)C(=O)C12CC2. The van der Waals surface area contributed by atoms with E-state index in [9.17, 15) is 4.79 Å². The average Bonchev–Trinajstić information content (AvgIpc) is 3.18. The maximum Gasteiger partial charge on any atom is 0.237 e. The standard InChI is InChI=1S/C16H20N2O/c1-3-4-5-14-12(2)18(13-6-10-17-11-7-13)15(19)16(14)8-9-16/h1,4-5,13,17H,6-11H2,2H3/b5-4-. The number of hydrogen-bond donors (Lipinski definition) is 1. The highest BCUT2D eigenvalue weighted by Crippen LogP contribution is 2.59. The summed E-state index contributed by atoms with van der Waals surface area (Å²) < 4.78 is 0. The Morgan fingerprint density at radius 2 is 2.11 bits per heavy atom. The topological polar surface area (TPSA) is 32.3 Å². The molecule has 3 rings (SSSR count). The molecule has 1 aliphatic carbocycles. The normalized spacial score (nSPS) is 26.5. The maximum absolute atomic E-state index is 12.8. The maximum atomic E-state index is 12.8. The van der Waals surface area contributed by atoms with Gasteiger partial charge in [0.1, 0.15) is 0 Å². The zero-order valence-corrected chi connectivity index (χ0v) is 11.4. The summed E-state index contributed by atoms with van der Waals surface area (Å²) >= 11 is 0. The second kappa shape index (κ2) is 4.54. The molecule has 19 heavy (non-hydrogen) atoms. The van der Waals surface area contributed by atoms with E-state index < -0.39 is 0 Å². The smallest absolute Gasteiger partial charge is 0.237 e. The fourth-order valence-corrected chi connectivity index (χ4v) is 3.50. The Morgan fingerprint density at radius 3 is 2.68 bits per heavy atom. The molecule has 1 spiro atoms. The van der Waals surface area contributed by atoms with Crippen LogP contribution in [0, 0.1) is 17.8 Å². The third kappa shape index (κ3) is 1.82. The Balaban J connectivity index is 1.93. The van der Waals surface area contributed by atoms with Crippen molar-refractivity contribution in [2.24, 2.45) is 5.41 Å². The van der Waals surface area contributed by atoms with E-state index >= 15 is 0 Å². The Morgan fingerprint density at radius 1 is 1.42 bits per heavy atom. The minimum atomic E-state index is -0.220. The minimum Gasteiger partial charge on any atom is -0.317 e. The number of hydrogen-bond acceptors (Lipinski definition) is 2. The predicted octanol–water partition coefficient (Wildman–Crippen LogP) is 1.82. The Kier molecular flexibility index (Phi) is 2.99. The fraction of sp³-hybridized carbons (Fsp3) is 0.562. The van der Waals surface area contributed by atoms with Crippen molar-refractivity contribution in [1.82, 2.24) is 10.2 Å². The summed E-state index contributed by atoms with van der Waals surface area (Å²) in [5.41, 5.74) is 2.07. The van der Waals surface area contributed by atoms with E-state index in [1.54, 1.807) is 6.08 Å². The number of terminal acetylenes is 1. The largest absolute Gasteiger partial charge is 0.317 e. The van der Waals surface area contributed by atoms with Crippen LogP contribution in [0.15, 0.2) is 23.4 Å². The van der Waals surface area contributed by atoms with Crippen molar-refractivity contribution >= 4 is 5.91 Å². The van der Waals surface area contributed by atoms with Gasteiger partial charge in [0.05, 0.1) is 5.41 Å². The lowest BCUT2D eigenvalue weighted by atomic mass is 9.96. The number of rotatable bonds is 2. The van der Waals surface area contributed by atoms with Gasteiger partial charge in [-0.3, -0.25) is 4.79 Å². The number of piperidine rings is 1. The van der Waals surface area contributed by atoms with Gasteiger partial charge in [-0.15, -0.1) is 6.42 Å². The number of nitrogens with one attached hydrogen (secondary N) is 1. The molecule has 3 heteroatoms. The van der Waals surface area contributed by atoms with Crippen molar-refractivity contribution in [3.63, 3.8) is 0 Å². The second-order valence-electron chi connectivity index (χ2n) is 5.74. The van der Waals surface area contributed by atoms with Crippen molar-refractivity contribution in [1.29, 1.82) is 0 Å². The van der Waals surface area contributed by atoms with Crippen molar-refractivity contribution in [2.75, 3.05) is 13.1 Å². The number of allylic oxidation sites excluding steroid dienone is 3. The summed E-state index contributed by atoms with van der Waals surface area (Å²) in [6.45, 7) is 4.08. The van der Waals surface area contributed by atoms with Crippen LogP contribution >= 0.6 is 0 Å². The lowest BCUT2D eigenvalue weighted by molar-refractivity contribution is -0.133. The zero-order valence-electron chi connectivity index (χ0n) is 11.4. The number of carbonyl (C=O) groups is 1. The molecule has 1 N–H and O–H groups in total. The van der Waals surface area contributed by atoms with Crippen LogP contribution in [0.2, 0.25) is 0 Å². The predicted molar refractivity (Wildman–Crippen MR) is 75.1 cm³/mol. The van der Waals surface area contributed by atoms with E-state index in [0.717, 1.165) is 50.0 Å². The molecule has 0 atom stereocenters. The highest BCUT2D eigenvalue weighted by atomic mass is 16.2. The molecule has 2 heterocycles. The first kappa shape index (κ1) is 12.5. The molecular formula is C16H20N2O. The van der Waals surface area contributed by atoms with Gasteiger partial charge in [-0.05, 0) is 63.4 Å². The summed E-state index contributed by atoms with van der Waals surface area (Å²) in [6, 6.07) is 0.364. The Labute approximate surface area is 114 Å². The molecule has 1 saturated heterocycles. The van der Waals surface area contributed by atoms with E-state index in [1.165, 1.54) is 0 Å². The van der Waals surface area contributed by atoms with Crippen LogP contribution in [0.5, 0.6) is 0 Å². The molecule has 1 saturated carbocycles. The van der Waals surface area contributed by atoms with E-state index in [2.05, 4.69) is 23.1 Å². The zero-order chi connectivity index (χ0) is 13.5. The second-order valence-corrected chi connectivity index (χ2v) is 5.74. The number of nitrogens with zero attached hydrogens (tertiary/aromatic N) is 1. The summed E-state index contributed by atoms with van der Waals surface area (Å²) in [5.74, 6) is 2.85.